The second-order valence-electron chi connectivity index (χ2n) is 4.97. The Balaban J connectivity index is 2.02. The van der Waals surface area contributed by atoms with Crippen LogP contribution in [0.15, 0.2) is 0 Å². The van der Waals surface area contributed by atoms with Gasteiger partial charge >= 0.3 is 11.9 Å². The predicted octanol–water partition coefficient (Wildman–Crippen LogP) is 0.131. The van der Waals surface area contributed by atoms with E-state index in [1.165, 1.54) is 0 Å². The van der Waals surface area contributed by atoms with E-state index in [9.17, 15) is 23.2 Å². The van der Waals surface area contributed by atoms with Gasteiger partial charge in [-0.15, -0.1) is 0 Å². The van der Waals surface area contributed by atoms with Crippen LogP contribution >= 0.6 is 0 Å². The summed E-state index contributed by atoms with van der Waals surface area (Å²) in [6.45, 7) is -0.595. The second-order valence-corrected chi connectivity index (χ2v) is 4.97. The minimum absolute atomic E-state index is 0.196. The molecule has 2 aliphatic rings. The Kier molecular flexibility index (Phi) is 3.42. The number of hydrogen-bond acceptors (Lipinski definition) is 3. The van der Waals surface area contributed by atoms with E-state index in [0.29, 0.717) is 0 Å². The highest BCUT2D eigenvalue weighted by atomic mass is 19.3. The Hall–Kier alpha value is -1.73. The molecule has 0 aromatic rings. The number of carbonyl (C=O) groups is 3. The largest absolute Gasteiger partial charge is 0.481 e. The molecule has 1 heterocycles. The van der Waals surface area contributed by atoms with Crippen molar-refractivity contribution in [2.75, 3.05) is 13.1 Å². The fourth-order valence-corrected chi connectivity index (χ4v) is 2.50. The van der Waals surface area contributed by atoms with Crippen LogP contribution < -0.4 is 0 Å². The molecule has 1 aliphatic heterocycles. The molecule has 8 heteroatoms. The van der Waals surface area contributed by atoms with Crippen molar-refractivity contribution < 1.29 is 33.4 Å². The lowest BCUT2D eigenvalue weighted by molar-refractivity contribution is -0.145. The number of halogens is 2. The molecule has 2 rings (SSSR count). The maximum absolute atomic E-state index is 12.7. The number of alkyl halides is 2. The molecule has 0 aromatic carbocycles. The highest BCUT2D eigenvalue weighted by molar-refractivity contribution is 5.90. The smallest absolute Gasteiger partial charge is 0.308 e. The van der Waals surface area contributed by atoms with Crippen LogP contribution in [0.2, 0.25) is 0 Å². The molecule has 0 spiro atoms. The van der Waals surface area contributed by atoms with E-state index in [1.54, 1.807) is 0 Å². The monoisotopic (exact) mass is 277 g/mol. The van der Waals surface area contributed by atoms with Gasteiger partial charge in [-0.05, 0) is 6.42 Å². The molecule has 106 valence electrons. The maximum Gasteiger partial charge on any atom is 0.308 e. The van der Waals surface area contributed by atoms with Crippen LogP contribution in [-0.4, -0.2) is 52.5 Å². The van der Waals surface area contributed by atoms with Crippen molar-refractivity contribution in [1.29, 1.82) is 0 Å². The van der Waals surface area contributed by atoms with Crippen LogP contribution in [0.25, 0.3) is 0 Å². The van der Waals surface area contributed by atoms with Gasteiger partial charge in [0.15, 0.2) is 0 Å². The molecule has 1 saturated carbocycles. The van der Waals surface area contributed by atoms with Crippen LogP contribution in [0.4, 0.5) is 8.78 Å². The van der Waals surface area contributed by atoms with Gasteiger partial charge in [0.2, 0.25) is 12.3 Å². The lowest BCUT2D eigenvalue weighted by atomic mass is 9.97. The third-order valence-corrected chi connectivity index (χ3v) is 3.74. The molecule has 0 unspecified atom stereocenters. The second kappa shape index (κ2) is 4.75. The molecule has 2 fully saturated rings. The Bertz CT molecular complexity index is 427. The van der Waals surface area contributed by atoms with Gasteiger partial charge in [0, 0.05) is 13.1 Å². The average molecular weight is 277 g/mol. The van der Waals surface area contributed by atoms with Gasteiger partial charge in [0.25, 0.3) is 0 Å². The Morgan fingerprint density at radius 3 is 1.95 bits per heavy atom. The quantitative estimate of drug-likeness (QED) is 0.761. The van der Waals surface area contributed by atoms with Gasteiger partial charge in [-0.3, -0.25) is 14.4 Å². The fraction of sp³-hybridized carbons (Fsp3) is 0.727. The summed E-state index contributed by atoms with van der Waals surface area (Å²) < 4.78 is 25.4. The SMILES string of the molecule is O=C(O)[C@@H]1C[C@H]1C(=O)N1C[C@@H](C(=O)O)[C@H](C(F)F)C1. The third-order valence-electron chi connectivity index (χ3n) is 3.74. The van der Waals surface area contributed by atoms with Crippen molar-refractivity contribution >= 4 is 17.8 Å². The van der Waals surface area contributed by atoms with E-state index in [-0.39, 0.29) is 19.5 Å². The lowest BCUT2D eigenvalue weighted by Crippen LogP contribution is -2.32. The normalized spacial score (nSPS) is 33.5. The molecule has 0 radical (unpaired) electrons. The average Bonchev–Trinajstić information content (AvgIpc) is 2.98. The standard InChI is InChI=1S/C11H13F2NO5/c12-8(13)6-2-14(3-7(6)11(18)19)9(15)4-1-5(4)10(16)17/h4-8H,1-3H2,(H,16,17)(H,18,19)/t4-,5-,6-,7-/m1/s1. The van der Waals surface area contributed by atoms with Gasteiger partial charge in [0.1, 0.15) is 0 Å². The zero-order valence-corrected chi connectivity index (χ0v) is 9.83. The van der Waals surface area contributed by atoms with Gasteiger partial charge in [-0.1, -0.05) is 0 Å². The van der Waals surface area contributed by atoms with Crippen LogP contribution in [-0.2, 0) is 14.4 Å². The third kappa shape index (κ3) is 2.52. The number of hydrogen-bond donors (Lipinski definition) is 2. The van der Waals surface area contributed by atoms with Gasteiger partial charge in [-0.2, -0.15) is 0 Å². The van der Waals surface area contributed by atoms with Crippen LogP contribution in [0.1, 0.15) is 6.42 Å². The molecule has 0 aromatic heterocycles. The van der Waals surface area contributed by atoms with Crippen molar-refractivity contribution in [3.05, 3.63) is 0 Å². The highest BCUT2D eigenvalue weighted by Gasteiger charge is 2.53. The van der Waals surface area contributed by atoms with Crippen molar-refractivity contribution in [1.82, 2.24) is 4.90 Å². The molecule has 1 aliphatic carbocycles. The molecule has 6 nitrogen and oxygen atoms in total. The highest BCUT2D eigenvalue weighted by Crippen LogP contribution is 2.42. The summed E-state index contributed by atoms with van der Waals surface area (Å²) in [5.41, 5.74) is 0. The number of rotatable bonds is 4. The summed E-state index contributed by atoms with van der Waals surface area (Å²) in [4.78, 5) is 34.5. The van der Waals surface area contributed by atoms with Crippen LogP contribution in [0.5, 0.6) is 0 Å². The van der Waals surface area contributed by atoms with E-state index in [0.717, 1.165) is 4.90 Å². The first-order valence-electron chi connectivity index (χ1n) is 5.85. The Morgan fingerprint density at radius 1 is 1.00 bits per heavy atom. The Morgan fingerprint density at radius 2 is 1.58 bits per heavy atom. The summed E-state index contributed by atoms with van der Waals surface area (Å²) in [7, 11) is 0. The van der Waals surface area contributed by atoms with Crippen molar-refractivity contribution in [2.24, 2.45) is 23.7 Å². The summed E-state index contributed by atoms with van der Waals surface area (Å²) in [6.07, 6.45) is -2.62. The minimum Gasteiger partial charge on any atom is -0.481 e. The van der Waals surface area contributed by atoms with E-state index < -0.39 is 47.9 Å². The molecule has 2 N–H and O–H groups in total. The van der Waals surface area contributed by atoms with Crippen molar-refractivity contribution in [3.63, 3.8) is 0 Å². The summed E-state index contributed by atoms with van der Waals surface area (Å²) in [6, 6.07) is 0. The molecule has 1 amide bonds. The molecule has 0 bridgehead atoms. The molecular weight excluding hydrogens is 264 g/mol. The number of carboxylic acids is 2. The first kappa shape index (κ1) is 13.7. The number of aliphatic carboxylic acids is 2. The number of carboxylic acid groups (broad SMARTS) is 2. The van der Waals surface area contributed by atoms with E-state index in [1.807, 2.05) is 0 Å². The van der Waals surface area contributed by atoms with Crippen LogP contribution in [0, 0.1) is 23.7 Å². The molecule has 4 atom stereocenters. The maximum atomic E-state index is 12.7. The van der Waals surface area contributed by atoms with E-state index >= 15 is 0 Å². The first-order valence-corrected chi connectivity index (χ1v) is 5.85. The van der Waals surface area contributed by atoms with Gasteiger partial charge in [-0.25, -0.2) is 8.78 Å². The number of likely N-dealkylation sites (tertiary alicyclic amines) is 1. The lowest BCUT2D eigenvalue weighted by Gasteiger charge is -2.15. The van der Waals surface area contributed by atoms with Crippen LogP contribution in [0.3, 0.4) is 0 Å². The Labute approximate surface area is 107 Å². The van der Waals surface area contributed by atoms with Crippen molar-refractivity contribution in [3.8, 4) is 0 Å². The number of amides is 1. The molecule has 1 saturated heterocycles. The fourth-order valence-electron chi connectivity index (χ4n) is 2.50. The zero-order chi connectivity index (χ0) is 14.3. The first-order chi connectivity index (χ1) is 8.82. The van der Waals surface area contributed by atoms with Gasteiger partial charge < -0.3 is 15.1 Å². The minimum atomic E-state index is -2.81. The molecule has 19 heavy (non-hydrogen) atoms. The van der Waals surface area contributed by atoms with E-state index in [4.69, 9.17) is 10.2 Å². The number of carbonyl (C=O) groups excluding carboxylic acids is 1. The summed E-state index contributed by atoms with van der Waals surface area (Å²) >= 11 is 0. The number of nitrogens with zero attached hydrogens (tertiary/aromatic N) is 1. The zero-order valence-electron chi connectivity index (χ0n) is 9.83. The topological polar surface area (TPSA) is 94.9 Å². The predicted molar refractivity (Wildman–Crippen MR) is 56.4 cm³/mol. The summed E-state index contributed by atoms with van der Waals surface area (Å²) in [5.74, 6) is -7.09. The molecular formula is C11H13F2NO5. The van der Waals surface area contributed by atoms with Crippen molar-refractivity contribution in [2.45, 2.75) is 12.8 Å². The van der Waals surface area contributed by atoms with Gasteiger partial charge in [0.05, 0.1) is 23.7 Å². The van der Waals surface area contributed by atoms with E-state index in [2.05, 4.69) is 0 Å². The summed E-state index contributed by atoms with van der Waals surface area (Å²) in [5, 5.41) is 17.6.